The maximum Gasteiger partial charge on any atom is 0.298 e. The van der Waals surface area contributed by atoms with Gasteiger partial charge in [0.15, 0.2) is 11.5 Å². The summed E-state index contributed by atoms with van der Waals surface area (Å²) in [6.07, 6.45) is 3.15. The van der Waals surface area contributed by atoms with Crippen LogP contribution in [-0.2, 0) is 33.4 Å². The molecule has 2 N–H and O–H groups in total. The third kappa shape index (κ3) is 2.99. The predicted octanol–water partition coefficient (Wildman–Crippen LogP) is -1.42. The van der Waals surface area contributed by atoms with Crippen LogP contribution in [0.15, 0.2) is 23.7 Å². The number of piperidine rings is 1. The molecule has 0 spiro atoms. The summed E-state index contributed by atoms with van der Waals surface area (Å²) in [4.78, 5) is 61.3. The molecular formula is C18H19N3O7. The molecule has 0 radical (unpaired) electrons. The number of nitrogens with zero attached hydrogens (tertiary/aromatic N) is 1. The number of hydrogen-bond donors (Lipinski definition) is 2. The van der Waals surface area contributed by atoms with Crippen molar-refractivity contribution < 1.29 is 33.4 Å². The van der Waals surface area contributed by atoms with Gasteiger partial charge >= 0.3 is 0 Å². The van der Waals surface area contributed by atoms with Crippen molar-refractivity contribution in [2.24, 2.45) is 17.8 Å². The quantitative estimate of drug-likeness (QED) is 0.418. The van der Waals surface area contributed by atoms with E-state index in [-0.39, 0.29) is 30.8 Å². The van der Waals surface area contributed by atoms with Gasteiger partial charge in [0.2, 0.25) is 23.6 Å². The first-order chi connectivity index (χ1) is 13.5. The van der Waals surface area contributed by atoms with Crippen LogP contribution in [0.3, 0.4) is 0 Å². The Kier molecular flexibility index (Phi) is 4.71. The lowest BCUT2D eigenvalue weighted by Crippen LogP contribution is -2.54. The topological polar surface area (TPSA) is 131 Å². The molecule has 0 saturated carbocycles. The van der Waals surface area contributed by atoms with E-state index in [9.17, 15) is 24.0 Å². The highest BCUT2D eigenvalue weighted by atomic mass is 16.5. The number of rotatable bonds is 6. The molecule has 3 heterocycles. The highest BCUT2D eigenvalue weighted by molar-refractivity contribution is 6.12. The van der Waals surface area contributed by atoms with Crippen LogP contribution in [0.4, 0.5) is 0 Å². The number of carbonyl (C=O) groups excluding carboxylic acids is 5. The Morgan fingerprint density at radius 2 is 1.96 bits per heavy atom. The van der Waals surface area contributed by atoms with Crippen molar-refractivity contribution in [3.63, 3.8) is 0 Å². The molecule has 1 aliphatic carbocycles. The molecule has 4 rings (SSSR count). The summed E-state index contributed by atoms with van der Waals surface area (Å²) in [6.45, 7) is 2.20. The van der Waals surface area contributed by atoms with E-state index >= 15 is 0 Å². The fourth-order valence-corrected chi connectivity index (χ4v) is 3.82. The zero-order chi connectivity index (χ0) is 19.8. The van der Waals surface area contributed by atoms with Crippen LogP contribution in [0.1, 0.15) is 12.8 Å². The van der Waals surface area contributed by atoms with Gasteiger partial charge in [-0.2, -0.15) is 0 Å². The lowest BCUT2D eigenvalue weighted by Gasteiger charge is -2.29. The summed E-state index contributed by atoms with van der Waals surface area (Å²) >= 11 is 0. The zero-order valence-corrected chi connectivity index (χ0v) is 14.9. The van der Waals surface area contributed by atoms with Gasteiger partial charge in [-0.1, -0.05) is 6.08 Å². The number of fused-ring (bicyclic) bond motifs is 1. The third-order valence-electron chi connectivity index (χ3n) is 5.40. The second-order valence-corrected chi connectivity index (χ2v) is 7.15. The number of nitrogens with one attached hydrogen (secondary N) is 2. The largest absolute Gasteiger partial charge is 0.490 e. The molecule has 3 aliphatic heterocycles. The second kappa shape index (κ2) is 7.19. The van der Waals surface area contributed by atoms with Crippen LogP contribution in [-0.4, -0.2) is 60.7 Å². The van der Waals surface area contributed by atoms with Gasteiger partial charge in [-0.3, -0.25) is 34.2 Å². The Balaban J connectivity index is 1.59. The minimum absolute atomic E-state index is 0.0251. The molecule has 0 aromatic rings. The van der Waals surface area contributed by atoms with E-state index in [1.165, 1.54) is 12.2 Å². The zero-order valence-electron chi connectivity index (χ0n) is 14.9. The molecule has 0 aromatic heterocycles. The first-order valence-corrected chi connectivity index (χ1v) is 9.08. The normalized spacial score (nSPS) is 30.1. The number of hydrogen-bond acceptors (Lipinski definition) is 8. The Morgan fingerprint density at radius 3 is 2.61 bits per heavy atom. The third-order valence-corrected chi connectivity index (χ3v) is 5.40. The van der Waals surface area contributed by atoms with Gasteiger partial charge in [0.1, 0.15) is 12.0 Å². The lowest BCUT2D eigenvalue weighted by atomic mass is 9.88. The summed E-state index contributed by atoms with van der Waals surface area (Å²) in [6, 6.07) is -1.06. The lowest BCUT2D eigenvalue weighted by molar-refractivity contribution is -0.151. The van der Waals surface area contributed by atoms with Crippen LogP contribution < -0.4 is 10.6 Å². The molecule has 3 atom stereocenters. The predicted molar refractivity (Wildman–Crippen MR) is 90.6 cm³/mol. The van der Waals surface area contributed by atoms with Gasteiger partial charge in [-0.05, 0) is 12.5 Å². The van der Waals surface area contributed by atoms with Crippen LogP contribution in [0.25, 0.3) is 0 Å². The van der Waals surface area contributed by atoms with Crippen molar-refractivity contribution in [2.75, 3.05) is 19.7 Å². The van der Waals surface area contributed by atoms with Crippen LogP contribution in [0, 0.1) is 17.8 Å². The molecule has 4 aliphatic rings. The molecule has 4 amide bonds. The van der Waals surface area contributed by atoms with Crippen LogP contribution >= 0.6 is 0 Å². The molecule has 0 bridgehead atoms. The summed E-state index contributed by atoms with van der Waals surface area (Å²) in [5.74, 6) is -3.76. The fourth-order valence-electron chi connectivity index (χ4n) is 3.82. The molecule has 28 heavy (non-hydrogen) atoms. The SMILES string of the molecule is O=COC1=C(OCC2CNC2)C=CC2C(=O)N(C3CCC(=O)NC3=O)C(=O)C12. The van der Waals surface area contributed by atoms with E-state index in [2.05, 4.69) is 10.6 Å². The Hall–Kier alpha value is -3.01. The monoisotopic (exact) mass is 389 g/mol. The van der Waals surface area contributed by atoms with Gasteiger partial charge in [0.25, 0.3) is 6.47 Å². The summed E-state index contributed by atoms with van der Waals surface area (Å²) in [5.41, 5.74) is 0. The van der Waals surface area contributed by atoms with Crippen molar-refractivity contribution >= 4 is 30.1 Å². The molecule has 0 aromatic carbocycles. The average molecular weight is 389 g/mol. The van der Waals surface area contributed by atoms with Crippen molar-refractivity contribution in [3.8, 4) is 0 Å². The van der Waals surface area contributed by atoms with Gasteiger partial charge in [0.05, 0.1) is 12.5 Å². The number of imide groups is 2. The van der Waals surface area contributed by atoms with E-state index in [0.29, 0.717) is 12.5 Å². The molecule has 10 heteroatoms. The first-order valence-electron chi connectivity index (χ1n) is 9.08. The van der Waals surface area contributed by atoms with E-state index in [1.54, 1.807) is 0 Å². The smallest absolute Gasteiger partial charge is 0.298 e. The fraction of sp³-hybridized carbons (Fsp3) is 0.500. The average Bonchev–Trinajstić information content (AvgIpc) is 2.87. The maximum absolute atomic E-state index is 13.0. The number of carbonyl (C=O) groups is 5. The minimum atomic E-state index is -1.07. The van der Waals surface area contributed by atoms with Crippen LogP contribution in [0.5, 0.6) is 0 Å². The Morgan fingerprint density at radius 1 is 1.18 bits per heavy atom. The van der Waals surface area contributed by atoms with E-state index < -0.39 is 41.5 Å². The molecule has 10 nitrogen and oxygen atoms in total. The summed E-state index contributed by atoms with van der Waals surface area (Å²) < 4.78 is 10.8. The number of amides is 4. The first kappa shape index (κ1) is 18.4. The van der Waals surface area contributed by atoms with Gasteiger partial charge in [0, 0.05) is 25.4 Å². The van der Waals surface area contributed by atoms with E-state index in [1.807, 2.05) is 0 Å². The number of allylic oxidation sites excluding steroid dienone is 1. The van der Waals surface area contributed by atoms with Gasteiger partial charge in [-0.25, -0.2) is 0 Å². The standard InChI is InChI=1S/C18H19N3O7/c22-8-28-15-12(27-7-9-5-19-6-9)3-1-10-14(15)18(26)21(17(10)25)11-2-4-13(23)20-16(11)24/h1,3,8-11,14,19H,2,4-7H2,(H,20,23,24). The van der Waals surface area contributed by atoms with Crippen LogP contribution in [0.2, 0.25) is 0 Å². The Labute approximate surface area is 159 Å². The maximum atomic E-state index is 13.0. The highest BCUT2D eigenvalue weighted by Crippen LogP contribution is 2.40. The van der Waals surface area contributed by atoms with Crippen molar-refractivity contribution in [2.45, 2.75) is 18.9 Å². The van der Waals surface area contributed by atoms with Gasteiger partial charge in [-0.15, -0.1) is 0 Å². The Bertz CT molecular complexity index is 814. The molecule has 148 valence electrons. The minimum Gasteiger partial charge on any atom is -0.490 e. The molecule has 3 saturated heterocycles. The summed E-state index contributed by atoms with van der Waals surface area (Å²) in [7, 11) is 0. The second-order valence-electron chi connectivity index (χ2n) is 7.15. The molecular weight excluding hydrogens is 370 g/mol. The number of ether oxygens (including phenoxy) is 2. The highest BCUT2D eigenvalue weighted by Gasteiger charge is 2.55. The van der Waals surface area contributed by atoms with Crippen molar-refractivity contribution in [3.05, 3.63) is 23.7 Å². The van der Waals surface area contributed by atoms with Gasteiger partial charge < -0.3 is 14.8 Å². The van der Waals surface area contributed by atoms with E-state index in [0.717, 1.165) is 18.0 Å². The van der Waals surface area contributed by atoms with E-state index in [4.69, 9.17) is 9.47 Å². The molecule has 3 unspecified atom stereocenters. The van der Waals surface area contributed by atoms with Crippen molar-refractivity contribution in [1.82, 2.24) is 15.5 Å². The number of likely N-dealkylation sites (tertiary alicyclic amines) is 1. The molecule has 3 fully saturated rings. The van der Waals surface area contributed by atoms with Crippen molar-refractivity contribution in [1.29, 1.82) is 0 Å². The summed E-state index contributed by atoms with van der Waals surface area (Å²) in [5, 5.41) is 5.26.